The molecule has 0 aromatic heterocycles. The minimum Gasteiger partial charge on any atom is -0.354 e. The molecule has 264 valence electrons. The minimum atomic E-state index is -0.890. The number of rotatable bonds is 16. The number of likely N-dealkylation sites (N-methyl/N-ethyl adjacent to an activating group) is 2. The molecule has 1 unspecified atom stereocenters. The van der Waals surface area contributed by atoms with Crippen molar-refractivity contribution in [2.24, 2.45) is 5.73 Å². The fourth-order valence-electron chi connectivity index (χ4n) is 6.64. The Hall–Kier alpha value is -4.08. The first-order chi connectivity index (χ1) is 23.4. The number of carbonyl (C=O) groups is 3. The summed E-state index contributed by atoms with van der Waals surface area (Å²) in [5, 5.41) is 5.19. The standard InChI is InChI=1S/C40H54FN5O3/c1-6-40(42,7-2)23-10-15-37(47)45(4)36(28-30-16-19-31-12-8-9-13-32(31)26-30)39(49)46(5)35(27-29-17-20-33(41)21-18-29)38(48)43-24-22-34-14-11-25-44(34)3/h8-10,12-13,15-21,26,34-36H,6-7,11,14,22-25,27-28,42H2,1-5H3,(H,43,48)/b15-10+/t34?,35-,36-/m1/s1. The van der Waals surface area contributed by atoms with Crippen molar-refractivity contribution in [2.75, 3.05) is 34.2 Å². The summed E-state index contributed by atoms with van der Waals surface area (Å²) in [6.07, 6.45) is 8.90. The second kappa shape index (κ2) is 17.5. The molecule has 4 rings (SSSR count). The van der Waals surface area contributed by atoms with E-state index in [4.69, 9.17) is 5.73 Å². The summed E-state index contributed by atoms with van der Waals surface area (Å²) in [7, 11) is 5.35. The Morgan fingerprint density at radius 2 is 1.61 bits per heavy atom. The molecule has 0 radical (unpaired) electrons. The summed E-state index contributed by atoms with van der Waals surface area (Å²) in [5.74, 6) is -1.33. The highest BCUT2D eigenvalue weighted by molar-refractivity contribution is 5.95. The van der Waals surface area contributed by atoms with Crippen LogP contribution in [0.15, 0.2) is 78.9 Å². The van der Waals surface area contributed by atoms with Gasteiger partial charge in [-0.1, -0.05) is 74.5 Å². The summed E-state index contributed by atoms with van der Waals surface area (Å²) >= 11 is 0. The molecule has 1 aliphatic rings. The Morgan fingerprint density at radius 1 is 0.959 bits per heavy atom. The summed E-state index contributed by atoms with van der Waals surface area (Å²) in [6.45, 7) is 5.60. The second-order valence-corrected chi connectivity index (χ2v) is 13.7. The Bertz CT molecular complexity index is 1590. The lowest BCUT2D eigenvalue weighted by Gasteiger charge is -2.34. The average Bonchev–Trinajstić information content (AvgIpc) is 3.53. The van der Waals surface area contributed by atoms with E-state index in [9.17, 15) is 18.8 Å². The first-order valence-electron chi connectivity index (χ1n) is 17.6. The maximum atomic E-state index is 14.5. The normalized spacial score (nSPS) is 16.5. The van der Waals surface area contributed by atoms with E-state index in [1.165, 1.54) is 28.0 Å². The molecule has 3 N–H and O–H groups in total. The molecule has 1 aliphatic heterocycles. The van der Waals surface area contributed by atoms with E-state index in [2.05, 4.69) is 17.3 Å². The number of likely N-dealkylation sites (tertiary alicyclic amines) is 1. The monoisotopic (exact) mass is 671 g/mol. The van der Waals surface area contributed by atoms with Crippen molar-refractivity contribution in [1.82, 2.24) is 20.0 Å². The Balaban J connectivity index is 1.61. The van der Waals surface area contributed by atoms with Crippen LogP contribution in [-0.2, 0) is 27.2 Å². The van der Waals surface area contributed by atoms with Gasteiger partial charge >= 0.3 is 0 Å². The molecule has 1 saturated heterocycles. The van der Waals surface area contributed by atoms with Gasteiger partial charge in [0.15, 0.2) is 0 Å². The topological polar surface area (TPSA) is 99.0 Å². The average molecular weight is 672 g/mol. The number of nitrogens with one attached hydrogen (secondary N) is 1. The zero-order valence-corrected chi connectivity index (χ0v) is 29.8. The van der Waals surface area contributed by atoms with Gasteiger partial charge in [-0.2, -0.15) is 0 Å². The lowest BCUT2D eigenvalue weighted by molar-refractivity contribution is -0.146. The predicted molar refractivity (Wildman–Crippen MR) is 195 cm³/mol. The van der Waals surface area contributed by atoms with Crippen LogP contribution in [-0.4, -0.2) is 90.3 Å². The van der Waals surface area contributed by atoms with Crippen LogP contribution in [0.4, 0.5) is 4.39 Å². The maximum Gasteiger partial charge on any atom is 0.246 e. The van der Waals surface area contributed by atoms with E-state index in [0.717, 1.165) is 60.5 Å². The molecule has 3 atom stereocenters. The van der Waals surface area contributed by atoms with Gasteiger partial charge in [0.25, 0.3) is 0 Å². The molecule has 3 amide bonds. The third kappa shape index (κ3) is 10.2. The minimum absolute atomic E-state index is 0.199. The van der Waals surface area contributed by atoms with Crippen molar-refractivity contribution < 1.29 is 18.8 Å². The van der Waals surface area contributed by atoms with Crippen LogP contribution in [0.3, 0.4) is 0 Å². The van der Waals surface area contributed by atoms with Gasteiger partial charge in [-0.25, -0.2) is 4.39 Å². The highest BCUT2D eigenvalue weighted by atomic mass is 19.1. The van der Waals surface area contributed by atoms with Crippen LogP contribution in [0.1, 0.15) is 63.5 Å². The number of hydrogen-bond acceptors (Lipinski definition) is 5. The number of halogens is 1. The first kappa shape index (κ1) is 37.7. The highest BCUT2D eigenvalue weighted by Crippen LogP contribution is 2.22. The van der Waals surface area contributed by atoms with E-state index < -0.39 is 17.6 Å². The molecule has 0 saturated carbocycles. The fourth-order valence-corrected chi connectivity index (χ4v) is 6.64. The van der Waals surface area contributed by atoms with E-state index in [1.807, 2.05) is 56.3 Å². The molecular formula is C40H54FN5O3. The maximum absolute atomic E-state index is 14.5. The largest absolute Gasteiger partial charge is 0.354 e. The van der Waals surface area contributed by atoms with Crippen LogP contribution < -0.4 is 11.1 Å². The summed E-state index contributed by atoms with van der Waals surface area (Å²) in [5.41, 5.74) is 7.69. The number of hydrogen-bond donors (Lipinski definition) is 2. The zero-order valence-electron chi connectivity index (χ0n) is 29.8. The smallest absolute Gasteiger partial charge is 0.246 e. The molecule has 0 bridgehead atoms. The van der Waals surface area contributed by atoms with Crippen molar-refractivity contribution in [2.45, 2.75) is 88.9 Å². The third-order valence-corrected chi connectivity index (χ3v) is 10.4. The van der Waals surface area contributed by atoms with Crippen LogP contribution in [0.2, 0.25) is 0 Å². The van der Waals surface area contributed by atoms with Crippen LogP contribution in [0.5, 0.6) is 0 Å². The number of nitrogens with zero attached hydrogens (tertiary/aromatic N) is 3. The Labute approximate surface area is 291 Å². The van der Waals surface area contributed by atoms with Crippen molar-refractivity contribution in [3.8, 4) is 0 Å². The number of nitrogens with two attached hydrogens (primary N) is 1. The predicted octanol–water partition coefficient (Wildman–Crippen LogP) is 5.48. The zero-order chi connectivity index (χ0) is 35.6. The summed E-state index contributed by atoms with van der Waals surface area (Å²) in [4.78, 5) is 47.2. The third-order valence-electron chi connectivity index (χ3n) is 10.4. The molecule has 1 fully saturated rings. The lowest BCUT2D eigenvalue weighted by Crippen LogP contribution is -2.56. The van der Waals surface area contributed by atoms with Gasteiger partial charge in [-0.05, 0) is 92.2 Å². The van der Waals surface area contributed by atoms with E-state index >= 15 is 0 Å². The van der Waals surface area contributed by atoms with Crippen LogP contribution in [0.25, 0.3) is 10.8 Å². The van der Waals surface area contributed by atoms with Gasteiger partial charge in [-0.3, -0.25) is 14.4 Å². The molecule has 49 heavy (non-hydrogen) atoms. The van der Waals surface area contributed by atoms with Gasteiger partial charge in [-0.15, -0.1) is 0 Å². The molecule has 0 spiro atoms. The number of carbonyl (C=O) groups excluding carboxylic acids is 3. The van der Waals surface area contributed by atoms with E-state index in [1.54, 1.807) is 32.3 Å². The van der Waals surface area contributed by atoms with Crippen molar-refractivity contribution in [3.05, 3.63) is 95.8 Å². The van der Waals surface area contributed by atoms with Crippen molar-refractivity contribution in [3.63, 3.8) is 0 Å². The van der Waals surface area contributed by atoms with Gasteiger partial charge in [0.2, 0.25) is 17.7 Å². The number of amides is 3. The number of fused-ring (bicyclic) bond motifs is 1. The van der Waals surface area contributed by atoms with Crippen LogP contribution >= 0.6 is 0 Å². The summed E-state index contributed by atoms with van der Waals surface area (Å²) < 4.78 is 13.8. The van der Waals surface area contributed by atoms with E-state index in [0.29, 0.717) is 19.0 Å². The SMILES string of the molecule is CCC(N)(CC)C/C=C/C(=O)N(C)[C@H](Cc1ccc2ccccc2c1)C(=O)N(C)[C@H](Cc1ccc(F)cc1)C(=O)NCCC1CCCN1C. The quantitative estimate of drug-likeness (QED) is 0.197. The second-order valence-electron chi connectivity index (χ2n) is 13.7. The van der Waals surface area contributed by atoms with Crippen LogP contribution in [0, 0.1) is 5.82 Å². The van der Waals surface area contributed by atoms with Gasteiger partial charge in [0.05, 0.1) is 0 Å². The molecule has 8 nitrogen and oxygen atoms in total. The van der Waals surface area contributed by atoms with Gasteiger partial charge < -0.3 is 25.8 Å². The summed E-state index contributed by atoms with van der Waals surface area (Å²) in [6, 6.07) is 18.7. The van der Waals surface area contributed by atoms with E-state index in [-0.39, 0.29) is 36.4 Å². The molecule has 9 heteroatoms. The highest BCUT2D eigenvalue weighted by Gasteiger charge is 2.35. The van der Waals surface area contributed by atoms with Gasteiger partial charge in [0, 0.05) is 45.1 Å². The Kier molecular flexibility index (Phi) is 13.5. The molecule has 1 heterocycles. The molecule has 0 aliphatic carbocycles. The molecule has 3 aromatic carbocycles. The van der Waals surface area contributed by atoms with Gasteiger partial charge in [0.1, 0.15) is 17.9 Å². The Morgan fingerprint density at radius 3 is 2.27 bits per heavy atom. The first-order valence-corrected chi connectivity index (χ1v) is 17.6. The number of benzene rings is 3. The molecule has 3 aromatic rings. The fraction of sp³-hybridized carbons (Fsp3) is 0.475. The van der Waals surface area contributed by atoms with Crippen molar-refractivity contribution in [1.29, 1.82) is 0 Å². The lowest BCUT2D eigenvalue weighted by atomic mass is 9.90. The molecular weight excluding hydrogens is 617 g/mol. The van der Waals surface area contributed by atoms with Crippen molar-refractivity contribution >= 4 is 28.5 Å².